The van der Waals surface area contributed by atoms with Crippen molar-refractivity contribution in [2.75, 3.05) is 6.61 Å². The van der Waals surface area contributed by atoms with Gasteiger partial charge in [-0.05, 0) is 29.7 Å². The Labute approximate surface area is 129 Å². The second kappa shape index (κ2) is 8.17. The summed E-state index contributed by atoms with van der Waals surface area (Å²) in [5.41, 5.74) is 9.34. The van der Waals surface area contributed by atoms with Crippen molar-refractivity contribution in [2.45, 2.75) is 18.9 Å². The van der Waals surface area contributed by atoms with Crippen molar-refractivity contribution in [3.05, 3.63) is 65.7 Å². The van der Waals surface area contributed by atoms with Crippen molar-refractivity contribution in [3.8, 4) is 5.75 Å². The van der Waals surface area contributed by atoms with Gasteiger partial charge in [-0.25, -0.2) is 5.48 Å². The average Bonchev–Trinajstić information content (AvgIpc) is 2.56. The van der Waals surface area contributed by atoms with Gasteiger partial charge in [-0.3, -0.25) is 10.0 Å². The lowest BCUT2D eigenvalue weighted by atomic mass is 10.1. The molecule has 0 saturated carbocycles. The Hall–Kier alpha value is -2.37. The van der Waals surface area contributed by atoms with Crippen molar-refractivity contribution in [1.29, 1.82) is 0 Å². The molecule has 2 rings (SSSR count). The SMILES string of the molecule is N[C@@H](Cc1ccc(OCCc2ccccc2)cc1)C(=O)NO. The maximum absolute atomic E-state index is 11.1. The number of hydroxylamine groups is 1. The lowest BCUT2D eigenvalue weighted by Gasteiger charge is -2.10. The predicted octanol–water partition coefficient (Wildman–Crippen LogP) is 1.68. The maximum Gasteiger partial charge on any atom is 0.260 e. The summed E-state index contributed by atoms with van der Waals surface area (Å²) in [5, 5.41) is 8.52. The van der Waals surface area contributed by atoms with E-state index in [0.717, 1.165) is 17.7 Å². The largest absolute Gasteiger partial charge is 0.493 e. The Bertz CT molecular complexity index is 585. The van der Waals surface area contributed by atoms with E-state index in [-0.39, 0.29) is 0 Å². The third kappa shape index (κ3) is 4.87. The summed E-state index contributed by atoms with van der Waals surface area (Å²) in [7, 11) is 0. The van der Waals surface area contributed by atoms with Crippen molar-refractivity contribution in [1.82, 2.24) is 5.48 Å². The lowest BCUT2D eigenvalue weighted by Crippen LogP contribution is -2.40. The summed E-state index contributed by atoms with van der Waals surface area (Å²) < 4.78 is 5.69. The minimum absolute atomic E-state index is 0.358. The van der Waals surface area contributed by atoms with Gasteiger partial charge in [-0.2, -0.15) is 0 Å². The molecule has 5 heteroatoms. The topological polar surface area (TPSA) is 84.6 Å². The second-order valence-electron chi connectivity index (χ2n) is 5.01. The molecule has 1 atom stereocenters. The van der Waals surface area contributed by atoms with E-state index >= 15 is 0 Å². The van der Waals surface area contributed by atoms with Gasteiger partial charge in [0.25, 0.3) is 5.91 Å². The van der Waals surface area contributed by atoms with Crippen molar-refractivity contribution in [3.63, 3.8) is 0 Å². The molecule has 0 aromatic heterocycles. The molecule has 1 amide bonds. The molecule has 0 aliphatic heterocycles. The summed E-state index contributed by atoms with van der Waals surface area (Å²) >= 11 is 0. The molecule has 0 fully saturated rings. The van der Waals surface area contributed by atoms with Gasteiger partial charge < -0.3 is 10.5 Å². The van der Waals surface area contributed by atoms with E-state index in [0.29, 0.717) is 13.0 Å². The number of nitrogens with two attached hydrogens (primary N) is 1. The molecule has 0 aliphatic carbocycles. The Morgan fingerprint density at radius 2 is 1.77 bits per heavy atom. The number of rotatable bonds is 7. The monoisotopic (exact) mass is 300 g/mol. The Morgan fingerprint density at radius 1 is 1.09 bits per heavy atom. The first-order valence-corrected chi connectivity index (χ1v) is 7.14. The van der Waals surface area contributed by atoms with Gasteiger partial charge >= 0.3 is 0 Å². The Balaban J connectivity index is 1.80. The maximum atomic E-state index is 11.1. The number of amides is 1. The molecule has 2 aromatic rings. The fraction of sp³-hybridized carbons (Fsp3) is 0.235. The number of nitrogens with one attached hydrogen (secondary N) is 1. The van der Waals surface area contributed by atoms with E-state index in [1.165, 1.54) is 5.56 Å². The van der Waals surface area contributed by atoms with Gasteiger partial charge in [0.15, 0.2) is 0 Å². The highest BCUT2D eigenvalue weighted by atomic mass is 16.5. The van der Waals surface area contributed by atoms with Crippen LogP contribution < -0.4 is 16.0 Å². The zero-order chi connectivity index (χ0) is 15.8. The van der Waals surface area contributed by atoms with Crippen LogP contribution >= 0.6 is 0 Å². The van der Waals surface area contributed by atoms with E-state index in [4.69, 9.17) is 15.7 Å². The smallest absolute Gasteiger partial charge is 0.260 e. The molecular formula is C17H20N2O3. The molecule has 0 saturated heterocycles. The highest BCUT2D eigenvalue weighted by Gasteiger charge is 2.12. The number of carbonyl (C=O) groups is 1. The number of hydrogen-bond donors (Lipinski definition) is 3. The molecule has 0 spiro atoms. The van der Waals surface area contributed by atoms with Crippen LogP contribution in [0, 0.1) is 0 Å². The van der Waals surface area contributed by atoms with Gasteiger partial charge in [0.1, 0.15) is 5.75 Å². The van der Waals surface area contributed by atoms with Crippen LogP contribution in [0.5, 0.6) is 5.75 Å². The van der Waals surface area contributed by atoms with Gasteiger partial charge in [-0.15, -0.1) is 0 Å². The minimum atomic E-state index is -0.769. The molecule has 5 nitrogen and oxygen atoms in total. The van der Waals surface area contributed by atoms with Gasteiger partial charge in [0.05, 0.1) is 12.6 Å². The fourth-order valence-electron chi connectivity index (χ4n) is 2.08. The number of hydrogen-bond acceptors (Lipinski definition) is 4. The van der Waals surface area contributed by atoms with Crippen molar-refractivity contribution in [2.24, 2.45) is 5.73 Å². The Kier molecular flexibility index (Phi) is 5.94. The minimum Gasteiger partial charge on any atom is -0.493 e. The van der Waals surface area contributed by atoms with Crippen molar-refractivity contribution < 1.29 is 14.7 Å². The average molecular weight is 300 g/mol. The van der Waals surface area contributed by atoms with E-state index in [2.05, 4.69) is 12.1 Å². The summed E-state index contributed by atoms with van der Waals surface area (Å²) in [6.07, 6.45) is 1.21. The Morgan fingerprint density at radius 3 is 2.41 bits per heavy atom. The van der Waals surface area contributed by atoms with Crippen LogP contribution in [0.4, 0.5) is 0 Å². The molecule has 0 heterocycles. The molecular weight excluding hydrogens is 280 g/mol. The van der Waals surface area contributed by atoms with Crippen LogP contribution in [-0.4, -0.2) is 23.8 Å². The molecule has 116 valence electrons. The lowest BCUT2D eigenvalue weighted by molar-refractivity contribution is -0.130. The van der Waals surface area contributed by atoms with Crippen LogP contribution in [-0.2, 0) is 17.6 Å². The molecule has 2 aromatic carbocycles. The number of ether oxygens (including phenoxy) is 1. The zero-order valence-electron chi connectivity index (χ0n) is 12.2. The molecule has 22 heavy (non-hydrogen) atoms. The molecule has 0 bridgehead atoms. The standard InChI is InChI=1S/C17H20N2O3/c18-16(17(20)19-21)12-14-6-8-15(9-7-14)22-11-10-13-4-2-1-3-5-13/h1-9,16,21H,10-12,18H2,(H,19,20)/t16-/m0/s1. The second-order valence-corrected chi connectivity index (χ2v) is 5.01. The van der Waals surface area contributed by atoms with Crippen LogP contribution in [0.2, 0.25) is 0 Å². The predicted molar refractivity (Wildman–Crippen MR) is 83.7 cm³/mol. The van der Waals surface area contributed by atoms with Crippen LogP contribution in [0.25, 0.3) is 0 Å². The first-order valence-electron chi connectivity index (χ1n) is 7.14. The number of benzene rings is 2. The normalized spacial score (nSPS) is 11.7. The molecule has 0 unspecified atom stereocenters. The summed E-state index contributed by atoms with van der Waals surface area (Å²) in [5.74, 6) is 0.183. The first-order chi connectivity index (χ1) is 10.7. The molecule has 0 aliphatic rings. The summed E-state index contributed by atoms with van der Waals surface area (Å²) in [6, 6.07) is 16.8. The van der Waals surface area contributed by atoms with E-state index < -0.39 is 11.9 Å². The zero-order valence-corrected chi connectivity index (χ0v) is 12.2. The van der Waals surface area contributed by atoms with E-state index in [1.807, 2.05) is 42.5 Å². The first kappa shape index (κ1) is 16.0. The third-order valence-electron chi connectivity index (χ3n) is 3.33. The highest BCUT2D eigenvalue weighted by molar-refractivity contribution is 5.80. The number of carbonyl (C=O) groups excluding carboxylic acids is 1. The summed E-state index contributed by atoms with van der Waals surface area (Å²) in [6.45, 7) is 0.607. The van der Waals surface area contributed by atoms with Gasteiger partial charge in [-0.1, -0.05) is 42.5 Å². The van der Waals surface area contributed by atoms with E-state index in [9.17, 15) is 4.79 Å². The van der Waals surface area contributed by atoms with Crippen LogP contribution in [0.1, 0.15) is 11.1 Å². The summed E-state index contributed by atoms with van der Waals surface area (Å²) in [4.78, 5) is 11.1. The highest BCUT2D eigenvalue weighted by Crippen LogP contribution is 2.14. The quantitative estimate of drug-likeness (QED) is 0.536. The van der Waals surface area contributed by atoms with Gasteiger partial charge in [0.2, 0.25) is 0 Å². The van der Waals surface area contributed by atoms with Gasteiger partial charge in [0, 0.05) is 6.42 Å². The fourth-order valence-corrected chi connectivity index (χ4v) is 2.08. The van der Waals surface area contributed by atoms with Crippen molar-refractivity contribution >= 4 is 5.91 Å². The molecule has 0 radical (unpaired) electrons. The molecule has 4 N–H and O–H groups in total. The van der Waals surface area contributed by atoms with Crippen LogP contribution in [0.15, 0.2) is 54.6 Å². The van der Waals surface area contributed by atoms with Crippen LogP contribution in [0.3, 0.4) is 0 Å². The van der Waals surface area contributed by atoms with E-state index in [1.54, 1.807) is 5.48 Å². The third-order valence-corrected chi connectivity index (χ3v) is 3.33.